The van der Waals surface area contributed by atoms with E-state index < -0.39 is 5.60 Å². The third kappa shape index (κ3) is 7.00. The van der Waals surface area contributed by atoms with Crippen LogP contribution in [0.1, 0.15) is 40.0 Å². The molecule has 0 bridgehead atoms. The van der Waals surface area contributed by atoms with Gasteiger partial charge in [0, 0.05) is 32.6 Å². The number of carbonyl (C=O) groups excluding carboxylic acids is 2. The summed E-state index contributed by atoms with van der Waals surface area (Å²) in [5.41, 5.74) is 5.91. The molecule has 0 unspecified atom stereocenters. The monoisotopic (exact) mass is 377 g/mol. The molecule has 2 amide bonds. The minimum absolute atomic E-state index is 0.0886. The predicted octanol–water partition coefficient (Wildman–Crippen LogP) is 2.90. The summed E-state index contributed by atoms with van der Waals surface area (Å²) in [5.74, 6) is 0.735. The Labute approximate surface area is 161 Å². The van der Waals surface area contributed by atoms with Crippen molar-refractivity contribution in [1.29, 1.82) is 0 Å². The number of para-hydroxylation sites is 2. The van der Waals surface area contributed by atoms with Crippen LogP contribution in [0.2, 0.25) is 0 Å². The van der Waals surface area contributed by atoms with E-state index in [1.807, 2.05) is 43.9 Å². The first-order valence-corrected chi connectivity index (χ1v) is 9.49. The molecule has 1 aliphatic heterocycles. The molecule has 0 spiro atoms. The molecule has 1 heterocycles. The Morgan fingerprint density at radius 3 is 2.44 bits per heavy atom. The highest BCUT2D eigenvalue weighted by molar-refractivity contribution is 5.76. The van der Waals surface area contributed by atoms with E-state index in [9.17, 15) is 9.59 Å². The van der Waals surface area contributed by atoms with Crippen molar-refractivity contribution < 1.29 is 19.1 Å². The van der Waals surface area contributed by atoms with Crippen molar-refractivity contribution in [1.82, 2.24) is 9.80 Å². The fourth-order valence-electron chi connectivity index (χ4n) is 2.85. The lowest BCUT2D eigenvalue weighted by Crippen LogP contribution is -2.40. The molecule has 1 aromatic rings. The van der Waals surface area contributed by atoms with Crippen molar-refractivity contribution >= 4 is 17.7 Å². The van der Waals surface area contributed by atoms with Gasteiger partial charge in [0.15, 0.2) is 0 Å². The van der Waals surface area contributed by atoms with E-state index in [2.05, 4.69) is 0 Å². The zero-order chi connectivity index (χ0) is 19.9. The number of benzene rings is 1. The van der Waals surface area contributed by atoms with Crippen LogP contribution in [0.5, 0.6) is 5.75 Å². The molecule has 1 fully saturated rings. The van der Waals surface area contributed by atoms with Gasteiger partial charge in [0.2, 0.25) is 5.91 Å². The second-order valence-electron chi connectivity index (χ2n) is 7.69. The number of ether oxygens (including phenoxy) is 2. The van der Waals surface area contributed by atoms with Crippen molar-refractivity contribution in [3.63, 3.8) is 0 Å². The number of nitrogen functional groups attached to an aromatic ring is 1. The minimum atomic E-state index is -0.513. The van der Waals surface area contributed by atoms with Crippen LogP contribution >= 0.6 is 0 Å². The fourth-order valence-corrected chi connectivity index (χ4v) is 2.85. The molecule has 1 saturated heterocycles. The molecular formula is C20H31N3O4. The maximum absolute atomic E-state index is 12.4. The van der Waals surface area contributed by atoms with Gasteiger partial charge in [0.25, 0.3) is 0 Å². The van der Waals surface area contributed by atoms with Crippen LogP contribution in [0.3, 0.4) is 0 Å². The number of carbonyl (C=O) groups is 2. The summed E-state index contributed by atoms with van der Waals surface area (Å²) in [6, 6.07) is 7.32. The van der Waals surface area contributed by atoms with Crippen molar-refractivity contribution in [2.24, 2.45) is 0 Å². The van der Waals surface area contributed by atoms with E-state index in [-0.39, 0.29) is 12.0 Å². The molecule has 150 valence electrons. The Morgan fingerprint density at radius 1 is 1.07 bits per heavy atom. The maximum Gasteiger partial charge on any atom is 0.410 e. The number of rotatable bonds is 5. The average Bonchev–Trinajstić information content (AvgIpc) is 2.85. The second kappa shape index (κ2) is 9.48. The third-order valence-corrected chi connectivity index (χ3v) is 4.21. The fraction of sp³-hybridized carbons (Fsp3) is 0.600. The average molecular weight is 377 g/mol. The number of hydrogen-bond donors (Lipinski definition) is 1. The van der Waals surface area contributed by atoms with Crippen LogP contribution in [0.15, 0.2) is 24.3 Å². The van der Waals surface area contributed by atoms with Gasteiger partial charge in [0.05, 0.1) is 12.3 Å². The van der Waals surface area contributed by atoms with Crippen molar-refractivity contribution in [2.75, 3.05) is 38.5 Å². The first kappa shape index (κ1) is 20.9. The van der Waals surface area contributed by atoms with Gasteiger partial charge in [-0.15, -0.1) is 0 Å². The predicted molar refractivity (Wildman–Crippen MR) is 105 cm³/mol. The van der Waals surface area contributed by atoms with Gasteiger partial charge in [-0.25, -0.2) is 4.79 Å². The molecule has 7 nitrogen and oxygen atoms in total. The van der Waals surface area contributed by atoms with Gasteiger partial charge in [-0.1, -0.05) is 12.1 Å². The van der Waals surface area contributed by atoms with Crippen LogP contribution in [-0.4, -0.2) is 60.2 Å². The Balaban J connectivity index is 1.72. The Bertz CT molecular complexity index is 642. The molecule has 0 aromatic heterocycles. The van der Waals surface area contributed by atoms with Crippen LogP contribution in [-0.2, 0) is 9.53 Å². The molecule has 0 atom stereocenters. The highest BCUT2D eigenvalue weighted by Gasteiger charge is 2.25. The Hall–Kier alpha value is -2.44. The summed E-state index contributed by atoms with van der Waals surface area (Å²) < 4.78 is 11.0. The van der Waals surface area contributed by atoms with Gasteiger partial charge >= 0.3 is 6.09 Å². The SMILES string of the molecule is CC(C)(C)OC(=O)N1CCCN(C(=O)CCCOc2ccccc2N)CC1. The smallest absolute Gasteiger partial charge is 0.410 e. The van der Waals surface area contributed by atoms with E-state index in [0.29, 0.717) is 57.1 Å². The highest BCUT2D eigenvalue weighted by Crippen LogP contribution is 2.20. The van der Waals surface area contributed by atoms with Gasteiger partial charge in [-0.2, -0.15) is 0 Å². The normalized spacial score (nSPS) is 15.2. The molecule has 0 radical (unpaired) electrons. The van der Waals surface area contributed by atoms with Crippen molar-refractivity contribution in [3.8, 4) is 5.75 Å². The zero-order valence-electron chi connectivity index (χ0n) is 16.6. The lowest BCUT2D eigenvalue weighted by Gasteiger charge is -2.26. The van der Waals surface area contributed by atoms with E-state index in [4.69, 9.17) is 15.2 Å². The molecule has 1 aromatic carbocycles. The third-order valence-electron chi connectivity index (χ3n) is 4.21. The van der Waals surface area contributed by atoms with E-state index in [1.54, 1.807) is 11.0 Å². The summed E-state index contributed by atoms with van der Waals surface area (Å²) in [5, 5.41) is 0. The van der Waals surface area contributed by atoms with Crippen LogP contribution in [0.4, 0.5) is 10.5 Å². The molecule has 0 aliphatic carbocycles. The van der Waals surface area contributed by atoms with E-state index in [1.165, 1.54) is 0 Å². The zero-order valence-corrected chi connectivity index (χ0v) is 16.6. The van der Waals surface area contributed by atoms with E-state index >= 15 is 0 Å². The van der Waals surface area contributed by atoms with Crippen LogP contribution < -0.4 is 10.5 Å². The van der Waals surface area contributed by atoms with Gasteiger partial charge in [-0.3, -0.25) is 4.79 Å². The molecule has 0 saturated carbocycles. The summed E-state index contributed by atoms with van der Waals surface area (Å²) in [4.78, 5) is 28.1. The van der Waals surface area contributed by atoms with Crippen molar-refractivity contribution in [3.05, 3.63) is 24.3 Å². The van der Waals surface area contributed by atoms with Gasteiger partial charge < -0.3 is 25.0 Å². The molecule has 2 rings (SSSR count). The molecule has 2 N–H and O–H groups in total. The van der Waals surface area contributed by atoms with Gasteiger partial charge in [0.1, 0.15) is 11.4 Å². The summed E-state index contributed by atoms with van der Waals surface area (Å²) >= 11 is 0. The molecular weight excluding hydrogens is 346 g/mol. The summed E-state index contributed by atoms with van der Waals surface area (Å²) in [6.45, 7) is 8.29. The standard InChI is InChI=1S/C20H31N3O4/c1-20(2,3)27-19(25)23-12-7-11-22(13-14-23)18(24)10-6-15-26-17-9-5-4-8-16(17)21/h4-5,8-9H,6-7,10-15,21H2,1-3H3. The maximum atomic E-state index is 12.4. The first-order valence-electron chi connectivity index (χ1n) is 9.49. The first-order chi connectivity index (χ1) is 12.8. The number of anilines is 1. The van der Waals surface area contributed by atoms with E-state index in [0.717, 1.165) is 6.42 Å². The lowest BCUT2D eigenvalue weighted by atomic mass is 10.2. The van der Waals surface area contributed by atoms with Gasteiger partial charge in [-0.05, 0) is 45.7 Å². The number of amides is 2. The second-order valence-corrected chi connectivity index (χ2v) is 7.69. The number of hydrogen-bond acceptors (Lipinski definition) is 5. The van der Waals surface area contributed by atoms with Crippen LogP contribution in [0.25, 0.3) is 0 Å². The Morgan fingerprint density at radius 2 is 1.74 bits per heavy atom. The minimum Gasteiger partial charge on any atom is -0.491 e. The van der Waals surface area contributed by atoms with Crippen LogP contribution in [0, 0.1) is 0 Å². The topological polar surface area (TPSA) is 85.1 Å². The highest BCUT2D eigenvalue weighted by atomic mass is 16.6. The quantitative estimate of drug-likeness (QED) is 0.630. The molecule has 7 heteroatoms. The molecule has 27 heavy (non-hydrogen) atoms. The summed E-state index contributed by atoms with van der Waals surface area (Å²) in [6.07, 6.45) is 1.48. The lowest BCUT2D eigenvalue weighted by molar-refractivity contribution is -0.131. The molecule has 1 aliphatic rings. The van der Waals surface area contributed by atoms with Crippen molar-refractivity contribution in [2.45, 2.75) is 45.6 Å². The summed E-state index contributed by atoms with van der Waals surface area (Å²) in [7, 11) is 0. The largest absolute Gasteiger partial charge is 0.491 e. The number of nitrogens with zero attached hydrogens (tertiary/aromatic N) is 2. The number of nitrogens with two attached hydrogens (primary N) is 1. The Kier molecular flexibility index (Phi) is 7.33.